The van der Waals surface area contributed by atoms with Gasteiger partial charge in [0.2, 0.25) is 5.90 Å². The fraction of sp³-hybridized carbons (Fsp3) is 0.200. The highest BCUT2D eigenvalue weighted by molar-refractivity contribution is 5.97. The second kappa shape index (κ2) is 5.09. The Kier molecular flexibility index (Phi) is 3.79. The number of nitrogens with one attached hydrogen (secondary N) is 1. The van der Waals surface area contributed by atoms with E-state index in [4.69, 9.17) is 5.41 Å². The number of halogens is 1. The molecule has 0 aliphatic carbocycles. The maximum atomic E-state index is 12.7. The first kappa shape index (κ1) is 11.2. The summed E-state index contributed by atoms with van der Waals surface area (Å²) in [6.45, 7) is 1.78. The van der Waals surface area contributed by atoms with Gasteiger partial charge in [0.25, 0.3) is 0 Å². The van der Waals surface area contributed by atoms with E-state index in [0.29, 0.717) is 0 Å². The van der Waals surface area contributed by atoms with Gasteiger partial charge in [-0.2, -0.15) is 0 Å². The molecule has 80 valence electrons. The lowest BCUT2D eigenvalue weighted by Crippen LogP contribution is -2.14. The lowest BCUT2D eigenvalue weighted by atomic mass is 10.2. The van der Waals surface area contributed by atoms with Crippen molar-refractivity contribution < 1.29 is 18.7 Å². The molecule has 0 bridgehead atoms. The maximum Gasteiger partial charge on any atom is 0.515 e. The third-order valence-corrected chi connectivity index (χ3v) is 1.53. The number of carbonyl (C=O) groups excluding carboxylic acids is 1. The highest BCUT2D eigenvalue weighted by Crippen LogP contribution is 2.05. The molecule has 15 heavy (non-hydrogen) atoms. The van der Waals surface area contributed by atoms with E-state index in [1.54, 1.807) is 6.92 Å². The third-order valence-electron chi connectivity index (χ3n) is 1.53. The van der Waals surface area contributed by atoms with Crippen molar-refractivity contribution in [2.45, 2.75) is 6.92 Å². The van der Waals surface area contributed by atoms with Gasteiger partial charge in [0.05, 0.1) is 6.61 Å². The molecule has 0 saturated heterocycles. The summed E-state index contributed by atoms with van der Waals surface area (Å²) in [6, 6.07) is 5.22. The molecule has 0 atom stereocenters. The number of hydrogen-bond acceptors (Lipinski definition) is 4. The van der Waals surface area contributed by atoms with E-state index in [9.17, 15) is 9.18 Å². The molecule has 0 aliphatic heterocycles. The Morgan fingerprint density at radius 3 is 2.87 bits per heavy atom. The summed E-state index contributed by atoms with van der Waals surface area (Å²) < 4.78 is 21.7. The summed E-state index contributed by atoms with van der Waals surface area (Å²) in [4.78, 5) is 10.8. The van der Waals surface area contributed by atoms with Crippen LogP contribution in [0.25, 0.3) is 0 Å². The summed E-state index contributed by atoms with van der Waals surface area (Å²) in [5.41, 5.74) is 0.183. The van der Waals surface area contributed by atoms with Crippen LogP contribution in [0.5, 0.6) is 0 Å². The minimum Gasteiger partial charge on any atom is -0.434 e. The van der Waals surface area contributed by atoms with Crippen LogP contribution >= 0.6 is 0 Å². The van der Waals surface area contributed by atoms with Crippen LogP contribution in [-0.4, -0.2) is 18.7 Å². The van der Waals surface area contributed by atoms with E-state index in [1.165, 1.54) is 18.2 Å². The molecule has 0 saturated carbocycles. The van der Waals surface area contributed by atoms with Crippen molar-refractivity contribution in [3.8, 4) is 0 Å². The average molecular weight is 211 g/mol. The lowest BCUT2D eigenvalue weighted by Gasteiger charge is -2.04. The Morgan fingerprint density at radius 2 is 2.27 bits per heavy atom. The van der Waals surface area contributed by atoms with Crippen molar-refractivity contribution in [2.24, 2.45) is 0 Å². The summed E-state index contributed by atoms with van der Waals surface area (Å²) in [5, 5.41) is 7.35. The van der Waals surface area contributed by atoms with Gasteiger partial charge in [-0.1, -0.05) is 6.07 Å². The second-order valence-corrected chi connectivity index (χ2v) is 2.62. The van der Waals surface area contributed by atoms with E-state index >= 15 is 0 Å². The van der Waals surface area contributed by atoms with Crippen LogP contribution in [0.1, 0.15) is 12.5 Å². The van der Waals surface area contributed by atoms with Gasteiger partial charge in [-0.25, -0.2) is 9.18 Å². The normalized spacial score (nSPS) is 9.47. The quantitative estimate of drug-likeness (QED) is 0.464. The fourth-order valence-electron chi connectivity index (χ4n) is 0.919. The van der Waals surface area contributed by atoms with Crippen molar-refractivity contribution in [3.05, 3.63) is 35.6 Å². The van der Waals surface area contributed by atoms with E-state index in [0.717, 1.165) is 6.07 Å². The SMILES string of the molecule is CCOC(=O)OC(=N)c1cccc(F)c1. The first-order chi connectivity index (χ1) is 7.13. The van der Waals surface area contributed by atoms with E-state index in [-0.39, 0.29) is 12.2 Å². The molecule has 0 aliphatic rings. The Labute approximate surface area is 86.1 Å². The Balaban J connectivity index is 2.65. The van der Waals surface area contributed by atoms with Gasteiger partial charge in [-0.15, -0.1) is 0 Å². The van der Waals surface area contributed by atoms with Gasteiger partial charge in [0.1, 0.15) is 5.82 Å². The monoisotopic (exact) mass is 211 g/mol. The van der Waals surface area contributed by atoms with Gasteiger partial charge in [0, 0.05) is 5.56 Å². The number of carbonyl (C=O) groups is 1. The average Bonchev–Trinajstić information content (AvgIpc) is 2.18. The molecule has 0 unspecified atom stereocenters. The van der Waals surface area contributed by atoms with E-state index in [2.05, 4.69) is 9.47 Å². The second-order valence-electron chi connectivity index (χ2n) is 2.62. The minimum atomic E-state index is -0.966. The number of benzene rings is 1. The van der Waals surface area contributed by atoms with Gasteiger partial charge >= 0.3 is 6.16 Å². The predicted octanol–water partition coefficient (Wildman–Crippen LogP) is 2.32. The van der Waals surface area contributed by atoms with Crippen molar-refractivity contribution in [3.63, 3.8) is 0 Å². The summed E-state index contributed by atoms with van der Waals surface area (Å²) in [5.74, 6) is -0.933. The van der Waals surface area contributed by atoms with Crippen molar-refractivity contribution in [1.82, 2.24) is 0 Å². The summed E-state index contributed by atoms with van der Waals surface area (Å²) in [6.07, 6.45) is -0.966. The minimum absolute atomic E-state index is 0.162. The molecule has 4 nitrogen and oxygen atoms in total. The van der Waals surface area contributed by atoms with Crippen molar-refractivity contribution in [1.29, 1.82) is 5.41 Å². The van der Waals surface area contributed by atoms with Crippen molar-refractivity contribution >= 4 is 12.1 Å². The molecule has 1 rings (SSSR count). The highest BCUT2D eigenvalue weighted by atomic mass is 19.1. The molecule has 0 spiro atoms. The molecule has 1 aromatic carbocycles. The number of ether oxygens (including phenoxy) is 2. The molecule has 0 aromatic heterocycles. The molecule has 0 amide bonds. The molecule has 0 heterocycles. The van der Waals surface area contributed by atoms with Gasteiger partial charge in [-0.05, 0) is 25.1 Å². The molecule has 1 N–H and O–H groups in total. The van der Waals surface area contributed by atoms with Crippen LogP contribution in [0.2, 0.25) is 0 Å². The Morgan fingerprint density at radius 1 is 1.53 bits per heavy atom. The highest BCUT2D eigenvalue weighted by Gasteiger charge is 2.10. The van der Waals surface area contributed by atoms with Gasteiger partial charge in [0.15, 0.2) is 0 Å². The molecule has 0 radical (unpaired) electrons. The maximum absolute atomic E-state index is 12.7. The summed E-state index contributed by atoms with van der Waals surface area (Å²) in [7, 11) is 0. The molecule has 5 heteroatoms. The lowest BCUT2D eigenvalue weighted by molar-refractivity contribution is 0.100. The Bertz CT molecular complexity index is 379. The van der Waals surface area contributed by atoms with Gasteiger partial charge < -0.3 is 9.47 Å². The third kappa shape index (κ3) is 3.38. The zero-order valence-corrected chi connectivity index (χ0v) is 8.12. The van der Waals surface area contributed by atoms with Gasteiger partial charge in [-0.3, -0.25) is 5.41 Å². The molecular weight excluding hydrogens is 201 g/mol. The smallest absolute Gasteiger partial charge is 0.434 e. The first-order valence-electron chi connectivity index (χ1n) is 4.32. The van der Waals surface area contributed by atoms with Crippen LogP contribution in [0.4, 0.5) is 9.18 Å². The fourth-order valence-corrected chi connectivity index (χ4v) is 0.919. The van der Waals surface area contributed by atoms with Crippen molar-refractivity contribution in [2.75, 3.05) is 6.61 Å². The molecule has 1 aromatic rings. The van der Waals surface area contributed by atoms with Crippen LogP contribution in [-0.2, 0) is 9.47 Å². The standard InChI is InChI=1S/C10H10FNO3/c1-2-14-10(13)15-9(12)7-4-3-5-8(11)6-7/h3-6,12H,2H2,1H3. The number of rotatable bonds is 2. The predicted molar refractivity (Wildman–Crippen MR) is 51.3 cm³/mol. The zero-order chi connectivity index (χ0) is 11.3. The molecule has 0 fully saturated rings. The Hall–Kier alpha value is -1.91. The van der Waals surface area contributed by atoms with Crippen LogP contribution in [0.15, 0.2) is 24.3 Å². The zero-order valence-electron chi connectivity index (χ0n) is 8.12. The largest absolute Gasteiger partial charge is 0.515 e. The first-order valence-corrected chi connectivity index (χ1v) is 4.32. The van der Waals surface area contributed by atoms with Crippen LogP contribution < -0.4 is 0 Å². The molecular formula is C10H10FNO3. The topological polar surface area (TPSA) is 59.4 Å². The number of hydrogen-bond donors (Lipinski definition) is 1. The van der Waals surface area contributed by atoms with Crippen LogP contribution in [0.3, 0.4) is 0 Å². The van der Waals surface area contributed by atoms with E-state index in [1.807, 2.05) is 0 Å². The summed E-state index contributed by atoms with van der Waals surface area (Å²) >= 11 is 0. The van der Waals surface area contributed by atoms with Crippen LogP contribution in [0, 0.1) is 11.2 Å². The van der Waals surface area contributed by atoms with E-state index < -0.39 is 17.9 Å².